The summed E-state index contributed by atoms with van der Waals surface area (Å²) in [5.41, 5.74) is 8.55. The highest BCUT2D eigenvalue weighted by molar-refractivity contribution is 5.91. The molecular weight excluding hydrogens is 932 g/mol. The van der Waals surface area contributed by atoms with E-state index in [2.05, 4.69) is 31.1 Å². The summed E-state index contributed by atoms with van der Waals surface area (Å²) in [6.45, 7) is 7.24. The van der Waals surface area contributed by atoms with Gasteiger partial charge >= 0.3 is 30.1 Å². The third-order valence-electron chi connectivity index (χ3n) is 10.8. The number of aromatic nitrogens is 2. The normalized spacial score (nSPS) is 12.4. The molecule has 16 nitrogen and oxygen atoms in total. The lowest BCUT2D eigenvalue weighted by atomic mass is 9.89. The molecule has 6 rings (SSSR count). The number of hydrogen-bond donors (Lipinski definition) is 6. The first-order chi connectivity index (χ1) is 32.9. The van der Waals surface area contributed by atoms with E-state index in [1.165, 1.54) is 38.5 Å². The number of rotatable bonds is 18. The average molecular weight is 993 g/mol. The lowest BCUT2D eigenvalue weighted by Crippen LogP contribution is -3.00. The minimum Gasteiger partial charge on any atom is -1.00 e. The number of carbonyl (C=O) groups excluding carboxylic acids is 5. The van der Waals surface area contributed by atoms with Crippen molar-refractivity contribution in [2.75, 3.05) is 14.2 Å². The Labute approximate surface area is 410 Å². The molecule has 4 aromatic carbocycles. The number of alkyl carbamates (subject to hydrolysis) is 2. The zero-order valence-corrected chi connectivity index (χ0v) is 40.5. The van der Waals surface area contributed by atoms with Crippen molar-refractivity contribution in [2.24, 2.45) is 17.8 Å². The molecule has 0 aliphatic heterocycles. The summed E-state index contributed by atoms with van der Waals surface area (Å²) in [4.78, 5) is 77.6. The van der Waals surface area contributed by atoms with Crippen molar-refractivity contribution in [3.8, 4) is 0 Å². The summed E-state index contributed by atoms with van der Waals surface area (Å²) in [7, 11) is 2.59. The number of aliphatic carboxylic acids is 1. The molecule has 0 spiro atoms. The van der Waals surface area contributed by atoms with Gasteiger partial charge in [-0.1, -0.05) is 88.4 Å². The number of carboxylic acid groups (broad SMARTS) is 1. The fraction of sp³-hybridized carbons (Fsp3) is 0.333. The molecule has 0 radical (unpaired) electrons. The fourth-order valence-electron chi connectivity index (χ4n) is 7.11. The van der Waals surface area contributed by atoms with Crippen LogP contribution in [0.3, 0.4) is 0 Å². The molecule has 8 N–H and O–H groups in total. The van der Waals surface area contributed by atoms with E-state index in [1.807, 2.05) is 60.7 Å². The van der Waals surface area contributed by atoms with Gasteiger partial charge in [0.15, 0.2) is 11.8 Å². The first-order valence-electron chi connectivity index (χ1n) is 22.1. The number of methoxy groups -OCH3 is 2. The van der Waals surface area contributed by atoms with Crippen molar-refractivity contribution in [3.05, 3.63) is 143 Å². The van der Waals surface area contributed by atoms with Gasteiger partial charge in [0.25, 0.3) is 0 Å². The van der Waals surface area contributed by atoms with Crippen molar-refractivity contribution in [1.29, 1.82) is 0 Å². The molecule has 2 heterocycles. The number of ketones is 1. The molecule has 0 saturated heterocycles. The largest absolute Gasteiger partial charge is 1.00 e. The monoisotopic (exact) mass is 991 g/mol. The second-order valence-corrected chi connectivity index (χ2v) is 16.7. The highest BCUT2D eigenvalue weighted by atomic mass is 35.5. The number of aromatic amines is 2. The molecule has 2 aromatic heterocycles. The number of ether oxygens (including phenoxy) is 4. The molecule has 0 aliphatic carbocycles. The van der Waals surface area contributed by atoms with Crippen LogP contribution < -0.4 is 28.8 Å². The van der Waals surface area contributed by atoms with Crippen LogP contribution in [0.2, 0.25) is 0 Å². The Bertz CT molecular complexity index is 2640. The SMILES string of the molecule is CC(C)[C@H](NC(=O)OCc1ccccc1)C(=O)O.COC(=O)C(CC(=O)[C@@H](NC(=O)OCc1ccccc1)C(C)C)Cc1c[nH]c2ccc(F)cc12.COC(=O)C([NH3+])Cc1c[nH]c2ccc(F)cc12.[Cl-]. The van der Waals surface area contributed by atoms with E-state index >= 15 is 0 Å². The molecular formula is C51H60ClF2N5O11. The van der Waals surface area contributed by atoms with Gasteiger partial charge in [-0.15, -0.1) is 0 Å². The molecule has 0 bridgehead atoms. The van der Waals surface area contributed by atoms with Crippen molar-refractivity contribution in [1.82, 2.24) is 20.6 Å². The van der Waals surface area contributed by atoms with Crippen molar-refractivity contribution < 1.29 is 79.7 Å². The Kier molecular flexibility index (Phi) is 23.0. The minimum atomic E-state index is -1.07. The summed E-state index contributed by atoms with van der Waals surface area (Å²) in [5, 5.41) is 15.3. The van der Waals surface area contributed by atoms with Gasteiger partial charge in [0.1, 0.15) is 30.9 Å². The van der Waals surface area contributed by atoms with Gasteiger partial charge in [0, 0.05) is 47.0 Å². The van der Waals surface area contributed by atoms with E-state index in [4.69, 9.17) is 19.3 Å². The van der Waals surface area contributed by atoms with Crippen LogP contribution >= 0.6 is 0 Å². The van der Waals surface area contributed by atoms with Gasteiger partial charge in [-0.2, -0.15) is 0 Å². The van der Waals surface area contributed by atoms with Crippen LogP contribution in [0.1, 0.15) is 56.4 Å². The van der Waals surface area contributed by atoms with E-state index in [9.17, 15) is 37.5 Å². The van der Waals surface area contributed by atoms with E-state index in [-0.39, 0.29) is 67.9 Å². The number of Topliss-reactive ketones (excluding diaryl/α,β-unsaturated/α-hetero) is 1. The van der Waals surface area contributed by atoms with E-state index in [0.29, 0.717) is 17.4 Å². The summed E-state index contributed by atoms with van der Waals surface area (Å²) in [5.74, 6) is -4.19. The molecule has 6 aromatic rings. The summed E-state index contributed by atoms with van der Waals surface area (Å²) in [6.07, 6.45) is 2.50. The highest BCUT2D eigenvalue weighted by Crippen LogP contribution is 2.25. The second-order valence-electron chi connectivity index (χ2n) is 16.7. The Hall–Kier alpha value is -7.31. The average Bonchev–Trinajstić information content (AvgIpc) is 3.93. The summed E-state index contributed by atoms with van der Waals surface area (Å²) >= 11 is 0. The van der Waals surface area contributed by atoms with Crippen molar-refractivity contribution in [3.63, 3.8) is 0 Å². The number of halogens is 3. The maximum Gasteiger partial charge on any atom is 0.408 e. The second kappa shape index (κ2) is 28.2. The highest BCUT2D eigenvalue weighted by Gasteiger charge is 2.31. The third-order valence-corrected chi connectivity index (χ3v) is 10.8. The Morgan fingerprint density at radius 2 is 1.06 bits per heavy atom. The maximum absolute atomic E-state index is 13.7. The van der Waals surface area contributed by atoms with Gasteiger partial charge in [0.2, 0.25) is 0 Å². The number of nitrogens with one attached hydrogen (secondary N) is 4. The van der Waals surface area contributed by atoms with Crippen molar-refractivity contribution >= 4 is 57.7 Å². The van der Waals surface area contributed by atoms with Gasteiger partial charge in [-0.3, -0.25) is 9.59 Å². The summed E-state index contributed by atoms with van der Waals surface area (Å²) < 4.78 is 46.6. The first-order valence-corrected chi connectivity index (χ1v) is 22.1. The third kappa shape index (κ3) is 17.6. The zero-order chi connectivity index (χ0) is 50.6. The molecule has 0 saturated carbocycles. The van der Waals surface area contributed by atoms with Crippen LogP contribution in [-0.4, -0.2) is 83.3 Å². The Balaban J connectivity index is 0.000000303. The fourth-order valence-corrected chi connectivity index (χ4v) is 7.11. The maximum atomic E-state index is 13.7. The molecule has 376 valence electrons. The van der Waals surface area contributed by atoms with Crippen LogP contribution in [-0.2, 0) is 64.2 Å². The lowest BCUT2D eigenvalue weighted by molar-refractivity contribution is -0.407. The van der Waals surface area contributed by atoms with Gasteiger partial charge in [-0.25, -0.2) is 28.0 Å². The number of carboxylic acids is 1. The van der Waals surface area contributed by atoms with Crippen molar-refractivity contribution in [2.45, 2.75) is 78.3 Å². The quantitative estimate of drug-likeness (QED) is 0.0527. The molecule has 70 heavy (non-hydrogen) atoms. The van der Waals surface area contributed by atoms with E-state index < -0.39 is 54.0 Å². The predicted octanol–water partition coefficient (Wildman–Crippen LogP) is 4.21. The standard InChI is InChI=1S/C26H29FN2O5.C13H17NO4.C12H13FN2O2.ClH/c1-16(2)24(29-26(32)34-15-17-7-5-4-6-8-17)23(30)12-18(25(31)33-3)11-19-14-28-22-10-9-20(27)13-21(19)22;1-9(2)11(12(15)16)14-13(17)18-8-10-6-4-3-5-7-10;1-17-12(16)10(14)4-7-6-15-11-3-2-8(13)5-9(7)11;/h4-10,13-14,16,18,24,28H,11-12,15H2,1-3H3,(H,29,32);3-7,9,11H,8H2,1-2H3,(H,14,17)(H,15,16);2-3,5-6,10,15H,4,14H2,1H3;1H/t18?,24-;11-;;/m00../s1. The Morgan fingerprint density at radius 1 is 0.629 bits per heavy atom. The van der Waals surface area contributed by atoms with Gasteiger partial charge in [-0.05, 0) is 76.9 Å². The smallest absolute Gasteiger partial charge is 0.408 e. The molecule has 0 aliphatic rings. The molecule has 2 amide bonds. The first kappa shape index (κ1) is 57.0. The Morgan fingerprint density at radius 3 is 1.47 bits per heavy atom. The van der Waals surface area contributed by atoms with E-state index in [0.717, 1.165) is 33.1 Å². The number of fused-ring (bicyclic) bond motifs is 2. The minimum absolute atomic E-state index is 0. The lowest BCUT2D eigenvalue weighted by Gasteiger charge is -2.23. The predicted molar refractivity (Wildman–Crippen MR) is 252 cm³/mol. The van der Waals surface area contributed by atoms with Gasteiger partial charge < -0.3 is 62.8 Å². The number of quaternary nitrogens is 1. The van der Waals surface area contributed by atoms with Crippen LogP contribution in [0.4, 0.5) is 18.4 Å². The number of esters is 2. The number of amides is 2. The number of hydrogen-bond acceptors (Lipinski definition) is 10. The van der Waals surface area contributed by atoms with Crippen LogP contribution in [0.5, 0.6) is 0 Å². The number of benzene rings is 4. The molecule has 19 heteroatoms. The topological polar surface area (TPSA) is 243 Å². The summed E-state index contributed by atoms with van der Waals surface area (Å²) in [6, 6.07) is 25.0. The number of H-pyrrole nitrogens is 2. The van der Waals surface area contributed by atoms with Crippen LogP contribution in [0, 0.1) is 29.4 Å². The van der Waals surface area contributed by atoms with Gasteiger partial charge in [0.05, 0.1) is 26.2 Å². The number of carbonyl (C=O) groups is 6. The molecule has 0 fully saturated rings. The van der Waals surface area contributed by atoms with Crippen LogP contribution in [0.15, 0.2) is 109 Å². The zero-order valence-electron chi connectivity index (χ0n) is 39.8. The molecule has 4 atom stereocenters. The molecule has 2 unspecified atom stereocenters. The van der Waals surface area contributed by atoms with Crippen LogP contribution in [0.25, 0.3) is 21.8 Å². The van der Waals surface area contributed by atoms with E-state index in [1.54, 1.807) is 52.2 Å².